The molecule has 2 rings (SSSR count). The fourth-order valence-electron chi connectivity index (χ4n) is 3.29. The molecule has 0 aliphatic carbocycles. The summed E-state index contributed by atoms with van der Waals surface area (Å²) in [6, 6.07) is -0.862. The highest BCUT2D eigenvalue weighted by atomic mass is 32.3. The van der Waals surface area contributed by atoms with Crippen molar-refractivity contribution < 1.29 is 61.0 Å². The molecule has 2 saturated heterocycles. The topological polar surface area (TPSA) is 207 Å². The molecule has 2 heterocycles. The van der Waals surface area contributed by atoms with Gasteiger partial charge in [-0.15, -0.1) is 0 Å². The predicted octanol–water partition coefficient (Wildman–Crippen LogP) is -2.42. The molecule has 1 amide bonds. The number of hydrogen-bond donors (Lipinski definition) is 5. The second-order valence-electron chi connectivity index (χ2n) is 6.95. The third kappa shape index (κ3) is 6.05. The average molecular weight is 459 g/mol. The molecule has 2 aliphatic heterocycles. The molecule has 15 heteroatoms. The van der Waals surface area contributed by atoms with Gasteiger partial charge in [-0.05, 0) is 0 Å². The summed E-state index contributed by atoms with van der Waals surface area (Å²) in [5.41, 5.74) is 0. The van der Waals surface area contributed by atoms with Crippen LogP contribution in [-0.4, -0.2) is 96.6 Å². The number of aliphatic hydroxyl groups is 2. The molecule has 0 bridgehead atoms. The molecule has 2 fully saturated rings. The van der Waals surface area contributed by atoms with Crippen molar-refractivity contribution in [2.75, 3.05) is 7.11 Å². The van der Waals surface area contributed by atoms with Crippen molar-refractivity contribution in [3.63, 3.8) is 0 Å². The largest absolute Gasteiger partial charge is 0.479 e. The quantitative estimate of drug-likeness (QED) is 0.252. The van der Waals surface area contributed by atoms with Gasteiger partial charge in [0.2, 0.25) is 12.2 Å². The zero-order chi connectivity index (χ0) is 22.8. The van der Waals surface area contributed by atoms with E-state index in [-0.39, 0.29) is 6.42 Å². The molecule has 0 aromatic rings. The van der Waals surface area contributed by atoms with E-state index in [1.807, 2.05) is 0 Å². The van der Waals surface area contributed by atoms with Crippen molar-refractivity contribution in [2.45, 2.75) is 69.6 Å². The Labute approximate surface area is 171 Å². The van der Waals surface area contributed by atoms with Gasteiger partial charge in [0.1, 0.15) is 12.2 Å². The highest BCUT2D eigenvalue weighted by Crippen LogP contribution is 2.32. The zero-order valence-electron chi connectivity index (χ0n) is 16.3. The molecule has 0 saturated carbocycles. The molecular formula is C15H25NO13S. The Kier molecular flexibility index (Phi) is 8.11. The molecule has 5 N–H and O–H groups in total. The lowest BCUT2D eigenvalue weighted by molar-refractivity contribution is -0.340. The first kappa shape index (κ1) is 24.8. The third-order valence-corrected chi connectivity index (χ3v) is 5.13. The number of hydrogen-bond acceptors (Lipinski definition) is 11. The fraction of sp³-hybridized carbons (Fsp3) is 0.867. The Hall–Kier alpha value is -1.43. The van der Waals surface area contributed by atoms with E-state index in [1.165, 1.54) is 21.0 Å². The summed E-state index contributed by atoms with van der Waals surface area (Å²) in [6.07, 6.45) is -11.1. The minimum absolute atomic E-state index is 0.200. The van der Waals surface area contributed by atoms with Crippen LogP contribution < -0.4 is 5.32 Å². The lowest BCUT2D eigenvalue weighted by Crippen LogP contribution is -2.61. The van der Waals surface area contributed by atoms with Crippen LogP contribution in [0.2, 0.25) is 0 Å². The number of amides is 1. The van der Waals surface area contributed by atoms with Crippen molar-refractivity contribution in [1.82, 2.24) is 5.32 Å². The van der Waals surface area contributed by atoms with Crippen molar-refractivity contribution in [3.05, 3.63) is 0 Å². The summed E-state index contributed by atoms with van der Waals surface area (Å²) in [5.74, 6) is -2.86. The Morgan fingerprint density at radius 1 is 1.10 bits per heavy atom. The Bertz CT molecular complexity index is 730. The first-order valence-corrected chi connectivity index (χ1v) is 10.2. The summed E-state index contributed by atoms with van der Waals surface area (Å²) in [6.45, 7) is 2.57. The van der Waals surface area contributed by atoms with Crippen LogP contribution in [-0.2, 0) is 43.1 Å². The average Bonchev–Trinajstić information content (AvgIpc) is 2.62. The summed E-state index contributed by atoms with van der Waals surface area (Å²) in [5, 5.41) is 32.1. The number of carboxylic acid groups (broad SMARTS) is 1. The minimum atomic E-state index is -5.02. The van der Waals surface area contributed by atoms with E-state index in [4.69, 9.17) is 23.5 Å². The van der Waals surface area contributed by atoms with Gasteiger partial charge in [0.25, 0.3) is 0 Å². The molecule has 174 valence electrons. The first-order chi connectivity index (χ1) is 13.8. The SMILES string of the molecule is COC1OC(OS(=O)(=O)O)C(OC2OC(C(=O)O)C(C)C(O)C2O)CC1NC(C)=O. The molecule has 0 aromatic heterocycles. The maximum absolute atomic E-state index is 11.4. The summed E-state index contributed by atoms with van der Waals surface area (Å²) in [7, 11) is -3.81. The first-order valence-electron chi connectivity index (χ1n) is 8.85. The van der Waals surface area contributed by atoms with Gasteiger partial charge in [0, 0.05) is 26.4 Å². The highest BCUT2D eigenvalue weighted by Gasteiger charge is 2.49. The second-order valence-corrected chi connectivity index (χ2v) is 8.00. The molecule has 30 heavy (non-hydrogen) atoms. The molecular weight excluding hydrogens is 434 g/mol. The van der Waals surface area contributed by atoms with Crippen molar-refractivity contribution in [3.8, 4) is 0 Å². The standard InChI is InChI=1S/C15H25NO13S/c1-5-9(18)10(19)15(27-11(5)12(20)21)26-8-4-7(16-6(2)17)13(25-3)28-14(8)29-30(22,23)24/h5,7-11,13-15,18-19H,4H2,1-3H3,(H,16,17)(H,20,21)(H,22,23,24). The predicted molar refractivity (Wildman–Crippen MR) is 92.9 cm³/mol. The number of ether oxygens (including phenoxy) is 4. The van der Waals surface area contributed by atoms with Gasteiger partial charge in [0.15, 0.2) is 18.7 Å². The Morgan fingerprint density at radius 3 is 2.23 bits per heavy atom. The Balaban J connectivity index is 2.26. The zero-order valence-corrected chi connectivity index (χ0v) is 17.1. The lowest BCUT2D eigenvalue weighted by Gasteiger charge is -2.44. The molecule has 9 atom stereocenters. The van der Waals surface area contributed by atoms with Gasteiger partial charge in [-0.1, -0.05) is 6.92 Å². The van der Waals surface area contributed by atoms with E-state index >= 15 is 0 Å². The van der Waals surface area contributed by atoms with E-state index in [2.05, 4.69) is 9.50 Å². The number of aliphatic carboxylic acids is 1. The maximum atomic E-state index is 11.4. The van der Waals surface area contributed by atoms with E-state index in [0.717, 1.165) is 0 Å². The molecule has 14 nitrogen and oxygen atoms in total. The number of aliphatic hydroxyl groups excluding tert-OH is 2. The van der Waals surface area contributed by atoms with E-state index in [0.29, 0.717) is 0 Å². The number of carbonyl (C=O) groups excluding carboxylic acids is 1. The van der Waals surface area contributed by atoms with Crippen LogP contribution >= 0.6 is 0 Å². The van der Waals surface area contributed by atoms with E-state index in [1.54, 1.807) is 0 Å². The van der Waals surface area contributed by atoms with Crippen LogP contribution in [0.1, 0.15) is 20.3 Å². The lowest BCUT2D eigenvalue weighted by atomic mass is 9.90. The smallest absolute Gasteiger partial charge is 0.399 e. The number of rotatable bonds is 7. The van der Waals surface area contributed by atoms with Gasteiger partial charge in [0.05, 0.1) is 12.1 Å². The van der Waals surface area contributed by atoms with E-state index in [9.17, 15) is 33.3 Å². The summed E-state index contributed by atoms with van der Waals surface area (Å²) in [4.78, 5) is 22.8. The normalized spacial score (nSPS) is 40.0. The number of carboxylic acids is 1. The maximum Gasteiger partial charge on any atom is 0.399 e. The van der Waals surface area contributed by atoms with Gasteiger partial charge >= 0.3 is 16.4 Å². The van der Waals surface area contributed by atoms with Crippen molar-refractivity contribution in [2.24, 2.45) is 5.92 Å². The van der Waals surface area contributed by atoms with Gasteiger partial charge in [-0.3, -0.25) is 9.35 Å². The monoisotopic (exact) mass is 459 g/mol. The van der Waals surface area contributed by atoms with Gasteiger partial charge < -0.3 is 39.6 Å². The Morgan fingerprint density at radius 2 is 1.73 bits per heavy atom. The number of nitrogens with one attached hydrogen (secondary N) is 1. The van der Waals surface area contributed by atoms with Crippen LogP contribution in [0.3, 0.4) is 0 Å². The van der Waals surface area contributed by atoms with Crippen LogP contribution in [0, 0.1) is 5.92 Å². The number of methoxy groups -OCH3 is 1. The van der Waals surface area contributed by atoms with Gasteiger partial charge in [-0.2, -0.15) is 8.42 Å². The fourth-order valence-corrected chi connectivity index (χ4v) is 3.70. The summed E-state index contributed by atoms with van der Waals surface area (Å²) >= 11 is 0. The van der Waals surface area contributed by atoms with Crippen LogP contribution in [0.4, 0.5) is 0 Å². The van der Waals surface area contributed by atoms with Crippen molar-refractivity contribution >= 4 is 22.3 Å². The summed E-state index contributed by atoms with van der Waals surface area (Å²) < 4.78 is 56.9. The van der Waals surface area contributed by atoms with Crippen molar-refractivity contribution in [1.29, 1.82) is 0 Å². The third-order valence-electron chi connectivity index (χ3n) is 4.70. The number of carbonyl (C=O) groups is 2. The molecule has 0 spiro atoms. The van der Waals surface area contributed by atoms with Crippen LogP contribution in [0.25, 0.3) is 0 Å². The minimum Gasteiger partial charge on any atom is -0.479 e. The highest BCUT2D eigenvalue weighted by molar-refractivity contribution is 7.80. The van der Waals surface area contributed by atoms with Crippen LogP contribution in [0.5, 0.6) is 0 Å². The van der Waals surface area contributed by atoms with E-state index < -0.39 is 77.5 Å². The molecule has 0 aromatic carbocycles. The molecule has 0 radical (unpaired) electrons. The van der Waals surface area contributed by atoms with Crippen LogP contribution in [0.15, 0.2) is 0 Å². The molecule has 2 aliphatic rings. The van der Waals surface area contributed by atoms with Gasteiger partial charge in [-0.25, -0.2) is 8.98 Å². The molecule has 9 unspecified atom stereocenters. The second kappa shape index (κ2) is 9.80.